The van der Waals surface area contributed by atoms with E-state index in [1.54, 1.807) is 6.92 Å². The molecule has 2 fully saturated rings. The molecule has 21 heavy (non-hydrogen) atoms. The standard InChI is InChI=1S/C15H22O6/c1-8(2)14(17)19-7-11(16)20-13-10-5-9(3)12(13)21-15(4,18)6-10/h9-10,12-13,18H,1,5-7H2,2-4H3. The number of hydrogen-bond acceptors (Lipinski definition) is 6. The number of hydrogen-bond donors (Lipinski definition) is 1. The van der Waals surface area contributed by atoms with E-state index in [1.165, 1.54) is 6.92 Å². The second-order valence-corrected chi connectivity index (χ2v) is 6.25. The predicted molar refractivity (Wildman–Crippen MR) is 73.0 cm³/mol. The first-order valence-electron chi connectivity index (χ1n) is 7.12. The molecule has 6 nitrogen and oxygen atoms in total. The summed E-state index contributed by atoms with van der Waals surface area (Å²) < 4.78 is 15.8. The van der Waals surface area contributed by atoms with E-state index < -0.39 is 30.4 Å². The molecule has 1 N–H and O–H groups in total. The maximum absolute atomic E-state index is 11.8. The smallest absolute Gasteiger partial charge is 0.344 e. The molecule has 1 heterocycles. The molecule has 0 amide bonds. The molecule has 1 saturated heterocycles. The van der Waals surface area contributed by atoms with Gasteiger partial charge in [-0.2, -0.15) is 0 Å². The normalized spacial score (nSPS) is 37.9. The highest BCUT2D eigenvalue weighted by molar-refractivity contribution is 5.88. The minimum atomic E-state index is -1.17. The zero-order valence-electron chi connectivity index (χ0n) is 12.6. The van der Waals surface area contributed by atoms with Crippen LogP contribution in [0.15, 0.2) is 12.2 Å². The van der Waals surface area contributed by atoms with Crippen LogP contribution in [0.3, 0.4) is 0 Å². The maximum Gasteiger partial charge on any atom is 0.344 e. The van der Waals surface area contributed by atoms with E-state index in [9.17, 15) is 14.7 Å². The second kappa shape index (κ2) is 5.77. The van der Waals surface area contributed by atoms with Crippen molar-refractivity contribution in [3.63, 3.8) is 0 Å². The highest BCUT2D eigenvalue weighted by atomic mass is 16.7. The summed E-state index contributed by atoms with van der Waals surface area (Å²) in [4.78, 5) is 23.0. The molecule has 5 atom stereocenters. The van der Waals surface area contributed by atoms with Crippen LogP contribution in [0.5, 0.6) is 0 Å². The molecule has 2 aliphatic rings. The van der Waals surface area contributed by atoms with E-state index in [-0.39, 0.29) is 23.5 Å². The average molecular weight is 298 g/mol. The lowest BCUT2D eigenvalue weighted by Crippen LogP contribution is -2.49. The minimum absolute atomic E-state index is 0.0644. The first kappa shape index (κ1) is 16.0. The van der Waals surface area contributed by atoms with Gasteiger partial charge in [-0.1, -0.05) is 13.5 Å². The van der Waals surface area contributed by atoms with Crippen LogP contribution >= 0.6 is 0 Å². The SMILES string of the molecule is C=C(C)C(=O)OCC(=O)OC1C2CC(C)C1OC(C)(O)C2. The van der Waals surface area contributed by atoms with Crippen LogP contribution in [0.2, 0.25) is 0 Å². The highest BCUT2D eigenvalue weighted by Crippen LogP contribution is 2.46. The van der Waals surface area contributed by atoms with Crippen LogP contribution in [-0.2, 0) is 23.8 Å². The Morgan fingerprint density at radius 1 is 1.48 bits per heavy atom. The Hall–Kier alpha value is -1.40. The summed E-state index contributed by atoms with van der Waals surface area (Å²) in [6.07, 6.45) is 0.553. The van der Waals surface area contributed by atoms with Crippen molar-refractivity contribution < 1.29 is 28.9 Å². The monoisotopic (exact) mass is 298 g/mol. The number of fused-ring (bicyclic) bond motifs is 2. The molecule has 0 aromatic carbocycles. The molecule has 1 aliphatic heterocycles. The summed E-state index contributed by atoms with van der Waals surface area (Å²) in [7, 11) is 0. The van der Waals surface area contributed by atoms with E-state index in [4.69, 9.17) is 14.2 Å². The van der Waals surface area contributed by atoms with Crippen LogP contribution < -0.4 is 0 Å². The fourth-order valence-corrected chi connectivity index (χ4v) is 3.15. The molecule has 0 aromatic heterocycles. The largest absolute Gasteiger partial charge is 0.457 e. The van der Waals surface area contributed by atoms with Crippen LogP contribution in [0.1, 0.15) is 33.6 Å². The van der Waals surface area contributed by atoms with Crippen molar-refractivity contribution in [2.45, 2.75) is 51.6 Å². The van der Waals surface area contributed by atoms with Gasteiger partial charge < -0.3 is 19.3 Å². The summed E-state index contributed by atoms with van der Waals surface area (Å²) in [5.74, 6) is -2.13. The van der Waals surface area contributed by atoms with Crippen molar-refractivity contribution in [3.8, 4) is 0 Å². The number of ether oxygens (including phenoxy) is 3. The van der Waals surface area contributed by atoms with Crippen molar-refractivity contribution in [1.29, 1.82) is 0 Å². The van der Waals surface area contributed by atoms with E-state index in [2.05, 4.69) is 6.58 Å². The molecule has 5 unspecified atom stereocenters. The van der Waals surface area contributed by atoms with Crippen LogP contribution in [-0.4, -0.2) is 41.6 Å². The summed E-state index contributed by atoms with van der Waals surface area (Å²) >= 11 is 0. The number of rotatable bonds is 4. The van der Waals surface area contributed by atoms with E-state index in [0.29, 0.717) is 6.42 Å². The molecular weight excluding hydrogens is 276 g/mol. The Bertz CT molecular complexity index is 455. The van der Waals surface area contributed by atoms with Gasteiger partial charge in [-0.25, -0.2) is 9.59 Å². The molecule has 2 rings (SSSR count). The molecule has 118 valence electrons. The summed E-state index contributed by atoms with van der Waals surface area (Å²) in [6, 6.07) is 0. The third-order valence-corrected chi connectivity index (χ3v) is 3.99. The van der Waals surface area contributed by atoms with Crippen molar-refractivity contribution in [3.05, 3.63) is 12.2 Å². The first-order valence-corrected chi connectivity index (χ1v) is 7.12. The fraction of sp³-hybridized carbons (Fsp3) is 0.733. The Morgan fingerprint density at radius 3 is 2.71 bits per heavy atom. The molecule has 1 aliphatic carbocycles. The number of aliphatic hydroxyl groups is 1. The van der Waals surface area contributed by atoms with Crippen molar-refractivity contribution >= 4 is 11.9 Å². The van der Waals surface area contributed by atoms with Gasteiger partial charge in [0.1, 0.15) is 12.2 Å². The average Bonchev–Trinajstić information content (AvgIpc) is 2.55. The molecule has 1 saturated carbocycles. The number of esters is 2. The predicted octanol–water partition coefficient (Wildman–Crippen LogP) is 1.17. The quantitative estimate of drug-likeness (QED) is 0.620. The van der Waals surface area contributed by atoms with Crippen LogP contribution in [0.4, 0.5) is 0 Å². The van der Waals surface area contributed by atoms with E-state index in [0.717, 1.165) is 6.42 Å². The van der Waals surface area contributed by atoms with Crippen LogP contribution in [0, 0.1) is 11.8 Å². The lowest BCUT2D eigenvalue weighted by molar-refractivity contribution is -0.274. The van der Waals surface area contributed by atoms with Crippen LogP contribution in [0.25, 0.3) is 0 Å². The van der Waals surface area contributed by atoms with E-state index >= 15 is 0 Å². The lowest BCUT2D eigenvalue weighted by atomic mass is 9.93. The summed E-state index contributed by atoms with van der Waals surface area (Å²) in [6.45, 7) is 8.13. The third-order valence-electron chi connectivity index (χ3n) is 3.99. The van der Waals surface area contributed by atoms with Crippen molar-refractivity contribution in [1.82, 2.24) is 0 Å². The van der Waals surface area contributed by atoms with Gasteiger partial charge in [-0.3, -0.25) is 0 Å². The third kappa shape index (κ3) is 3.63. The molecule has 6 heteroatoms. The molecule has 0 radical (unpaired) electrons. The Kier molecular flexibility index (Phi) is 4.39. The van der Waals surface area contributed by atoms with Gasteiger partial charge in [0.15, 0.2) is 12.4 Å². The number of carbonyl (C=O) groups excluding carboxylic acids is 2. The zero-order chi connectivity index (χ0) is 15.8. The Balaban J connectivity index is 1.90. The van der Waals surface area contributed by atoms with Gasteiger partial charge in [-0.15, -0.1) is 0 Å². The van der Waals surface area contributed by atoms with Crippen molar-refractivity contribution in [2.75, 3.05) is 6.61 Å². The Morgan fingerprint density at radius 2 is 2.14 bits per heavy atom. The molecular formula is C15H22O6. The van der Waals surface area contributed by atoms with Gasteiger partial charge >= 0.3 is 11.9 Å². The molecule has 2 bridgehead atoms. The fourth-order valence-electron chi connectivity index (χ4n) is 3.15. The van der Waals surface area contributed by atoms with Gasteiger partial charge in [0.2, 0.25) is 0 Å². The maximum atomic E-state index is 11.8. The lowest BCUT2D eigenvalue weighted by Gasteiger charge is -2.39. The van der Waals surface area contributed by atoms with Crippen molar-refractivity contribution in [2.24, 2.45) is 11.8 Å². The number of carbonyl (C=O) groups is 2. The van der Waals surface area contributed by atoms with Gasteiger partial charge in [-0.05, 0) is 26.2 Å². The summed E-state index contributed by atoms with van der Waals surface area (Å²) in [5, 5.41) is 10.0. The zero-order valence-corrected chi connectivity index (χ0v) is 12.6. The minimum Gasteiger partial charge on any atom is -0.457 e. The van der Waals surface area contributed by atoms with Gasteiger partial charge in [0.25, 0.3) is 0 Å². The van der Waals surface area contributed by atoms with Gasteiger partial charge in [0.05, 0.1) is 0 Å². The van der Waals surface area contributed by atoms with Gasteiger partial charge in [0, 0.05) is 17.9 Å². The second-order valence-electron chi connectivity index (χ2n) is 6.25. The highest BCUT2D eigenvalue weighted by Gasteiger charge is 2.53. The molecule has 0 aromatic rings. The van der Waals surface area contributed by atoms with E-state index in [1.807, 2.05) is 6.92 Å². The first-order chi connectivity index (χ1) is 9.69. The Labute approximate surface area is 124 Å². The summed E-state index contributed by atoms with van der Waals surface area (Å²) in [5.41, 5.74) is 0.230. The molecule has 0 spiro atoms. The topological polar surface area (TPSA) is 82.1 Å².